The molecule has 0 spiro atoms. The van der Waals surface area contributed by atoms with Gasteiger partial charge >= 0.3 is 0 Å². The molecule has 3 aromatic rings. The van der Waals surface area contributed by atoms with Crippen molar-refractivity contribution >= 4 is 15.7 Å². The Hall–Kier alpha value is -3.30. The van der Waals surface area contributed by atoms with Crippen LogP contribution >= 0.6 is 0 Å². The molecule has 9 heteroatoms. The molecule has 3 rings (SSSR count). The van der Waals surface area contributed by atoms with Crippen molar-refractivity contribution < 1.29 is 22.5 Å². The molecule has 7 nitrogen and oxygen atoms in total. The van der Waals surface area contributed by atoms with Crippen LogP contribution in [0.25, 0.3) is 0 Å². The lowest BCUT2D eigenvalue weighted by Gasteiger charge is -2.09. The molecule has 0 bridgehead atoms. The van der Waals surface area contributed by atoms with Crippen LogP contribution in [0.5, 0.6) is 11.5 Å². The number of nitrogens with one attached hydrogen (secondary N) is 1. The molecule has 0 atom stereocenters. The molecule has 0 fully saturated rings. The Morgan fingerprint density at radius 3 is 2.39 bits per heavy atom. The lowest BCUT2D eigenvalue weighted by Crippen LogP contribution is -2.23. The SMILES string of the molecule is O=[N+]([O-])c1cccc(S(=O)(=O)NCc2cccc(Oc3ccc(F)cc3)c2)c1. The normalized spacial score (nSPS) is 11.2. The molecular formula is C19H15FN2O5S. The Labute approximate surface area is 160 Å². The highest BCUT2D eigenvalue weighted by molar-refractivity contribution is 7.89. The molecule has 0 aliphatic carbocycles. The van der Waals surface area contributed by atoms with Crippen molar-refractivity contribution in [1.29, 1.82) is 0 Å². The van der Waals surface area contributed by atoms with Gasteiger partial charge in [-0.1, -0.05) is 18.2 Å². The van der Waals surface area contributed by atoms with Crippen molar-refractivity contribution in [2.75, 3.05) is 0 Å². The summed E-state index contributed by atoms with van der Waals surface area (Å²) in [6, 6.07) is 17.0. The van der Waals surface area contributed by atoms with Gasteiger partial charge in [0.1, 0.15) is 17.3 Å². The fourth-order valence-electron chi connectivity index (χ4n) is 2.38. The summed E-state index contributed by atoms with van der Waals surface area (Å²) in [6.07, 6.45) is 0. The van der Waals surface area contributed by atoms with Gasteiger partial charge in [-0.3, -0.25) is 10.1 Å². The van der Waals surface area contributed by atoms with Gasteiger partial charge in [-0.25, -0.2) is 17.5 Å². The van der Waals surface area contributed by atoms with E-state index in [1.165, 1.54) is 42.5 Å². The van der Waals surface area contributed by atoms with Crippen LogP contribution in [0.3, 0.4) is 0 Å². The van der Waals surface area contributed by atoms with Gasteiger partial charge in [-0.2, -0.15) is 0 Å². The summed E-state index contributed by atoms with van der Waals surface area (Å²) in [5.41, 5.74) is 0.311. The lowest BCUT2D eigenvalue weighted by molar-refractivity contribution is -0.385. The van der Waals surface area contributed by atoms with Crippen LogP contribution in [0.1, 0.15) is 5.56 Å². The second-order valence-electron chi connectivity index (χ2n) is 5.78. The molecule has 0 saturated carbocycles. The molecule has 3 aromatic carbocycles. The first kappa shape index (κ1) is 19.5. The number of ether oxygens (including phenoxy) is 1. The number of halogens is 1. The number of hydrogen-bond donors (Lipinski definition) is 1. The van der Waals surface area contributed by atoms with Gasteiger partial charge < -0.3 is 4.74 Å². The average Bonchev–Trinajstić information content (AvgIpc) is 2.69. The molecule has 1 N–H and O–H groups in total. The third kappa shape index (κ3) is 4.90. The van der Waals surface area contributed by atoms with Crippen molar-refractivity contribution in [3.8, 4) is 11.5 Å². The fraction of sp³-hybridized carbons (Fsp3) is 0.0526. The van der Waals surface area contributed by atoms with Gasteiger partial charge in [0.05, 0.1) is 9.82 Å². The predicted molar refractivity (Wildman–Crippen MR) is 100 cm³/mol. The molecule has 0 saturated heterocycles. The van der Waals surface area contributed by atoms with E-state index in [0.717, 1.165) is 6.07 Å². The van der Waals surface area contributed by atoms with Crippen LogP contribution in [0.2, 0.25) is 0 Å². The minimum Gasteiger partial charge on any atom is -0.457 e. The maximum Gasteiger partial charge on any atom is 0.270 e. The second kappa shape index (κ2) is 8.15. The zero-order valence-corrected chi connectivity index (χ0v) is 15.2. The topological polar surface area (TPSA) is 98.5 Å². The third-order valence-corrected chi connectivity index (χ3v) is 5.15. The minimum absolute atomic E-state index is 0.0361. The Morgan fingerprint density at radius 1 is 0.964 bits per heavy atom. The minimum atomic E-state index is -3.93. The van der Waals surface area contributed by atoms with Crippen LogP contribution in [0.15, 0.2) is 77.7 Å². The number of nitro groups is 1. The molecule has 0 heterocycles. The highest BCUT2D eigenvalue weighted by Crippen LogP contribution is 2.23. The molecule has 28 heavy (non-hydrogen) atoms. The van der Waals surface area contributed by atoms with Crippen molar-refractivity contribution in [2.45, 2.75) is 11.4 Å². The van der Waals surface area contributed by atoms with Gasteiger partial charge in [-0.05, 0) is 48.0 Å². The van der Waals surface area contributed by atoms with E-state index in [4.69, 9.17) is 4.74 Å². The van der Waals surface area contributed by atoms with Crippen molar-refractivity contribution in [2.24, 2.45) is 0 Å². The summed E-state index contributed by atoms with van der Waals surface area (Å²) in [6.45, 7) is -0.0361. The van der Waals surface area contributed by atoms with E-state index in [1.54, 1.807) is 24.3 Å². The predicted octanol–water partition coefficient (Wildman–Crippen LogP) is 4.00. The van der Waals surface area contributed by atoms with E-state index in [2.05, 4.69) is 4.72 Å². The summed E-state index contributed by atoms with van der Waals surface area (Å²) < 4.78 is 45.7. The number of nitrogens with zero attached hydrogens (tertiary/aromatic N) is 1. The molecular weight excluding hydrogens is 387 g/mol. The van der Waals surface area contributed by atoms with E-state index in [-0.39, 0.29) is 22.9 Å². The van der Waals surface area contributed by atoms with Crippen LogP contribution in [0.4, 0.5) is 10.1 Å². The average molecular weight is 402 g/mol. The maximum absolute atomic E-state index is 13.0. The number of non-ortho nitro benzene ring substituents is 1. The standard InChI is InChI=1S/C19H15FN2O5S/c20-15-7-9-17(10-8-15)27-18-5-1-3-14(11-18)13-21-28(25,26)19-6-2-4-16(12-19)22(23)24/h1-12,21H,13H2. The Morgan fingerprint density at radius 2 is 1.68 bits per heavy atom. The Kier molecular flexibility index (Phi) is 5.67. The zero-order valence-electron chi connectivity index (χ0n) is 14.4. The quantitative estimate of drug-likeness (QED) is 0.476. The summed E-state index contributed by atoms with van der Waals surface area (Å²) in [5.74, 6) is 0.519. The molecule has 0 unspecified atom stereocenters. The molecule has 0 amide bonds. The fourth-order valence-corrected chi connectivity index (χ4v) is 3.44. The monoisotopic (exact) mass is 402 g/mol. The lowest BCUT2D eigenvalue weighted by atomic mass is 10.2. The first-order chi connectivity index (χ1) is 13.3. The number of sulfonamides is 1. The molecule has 0 aliphatic rings. The number of benzene rings is 3. The van der Waals surface area contributed by atoms with Gasteiger partial charge in [0, 0.05) is 18.7 Å². The first-order valence-electron chi connectivity index (χ1n) is 8.10. The number of hydrogen-bond acceptors (Lipinski definition) is 5. The van der Waals surface area contributed by atoms with Gasteiger partial charge in [-0.15, -0.1) is 0 Å². The largest absolute Gasteiger partial charge is 0.457 e. The third-order valence-electron chi connectivity index (χ3n) is 3.75. The van der Waals surface area contributed by atoms with Crippen LogP contribution in [-0.4, -0.2) is 13.3 Å². The molecule has 0 aliphatic heterocycles. The summed E-state index contributed by atoms with van der Waals surface area (Å²) >= 11 is 0. The van der Waals surface area contributed by atoms with Crippen LogP contribution < -0.4 is 9.46 Å². The van der Waals surface area contributed by atoms with E-state index < -0.39 is 14.9 Å². The number of rotatable bonds is 7. The van der Waals surface area contributed by atoms with Crippen molar-refractivity contribution in [3.63, 3.8) is 0 Å². The maximum atomic E-state index is 13.0. The highest BCUT2D eigenvalue weighted by Gasteiger charge is 2.17. The van der Waals surface area contributed by atoms with Crippen molar-refractivity contribution in [3.05, 3.63) is 94.3 Å². The summed E-state index contributed by atoms with van der Waals surface area (Å²) in [5, 5.41) is 10.8. The van der Waals surface area contributed by atoms with Gasteiger partial charge in [0.25, 0.3) is 5.69 Å². The second-order valence-corrected chi connectivity index (χ2v) is 7.55. The first-order valence-corrected chi connectivity index (χ1v) is 9.58. The zero-order chi connectivity index (χ0) is 20.1. The molecule has 144 valence electrons. The summed E-state index contributed by atoms with van der Waals surface area (Å²) in [7, 11) is -3.93. The Bertz CT molecular complexity index is 1100. The molecule has 0 radical (unpaired) electrons. The number of nitro benzene ring substituents is 1. The van der Waals surface area contributed by atoms with E-state index in [1.807, 2.05) is 0 Å². The van der Waals surface area contributed by atoms with E-state index in [0.29, 0.717) is 17.1 Å². The van der Waals surface area contributed by atoms with E-state index in [9.17, 15) is 22.9 Å². The van der Waals surface area contributed by atoms with Crippen LogP contribution in [-0.2, 0) is 16.6 Å². The van der Waals surface area contributed by atoms with Crippen LogP contribution in [0, 0.1) is 15.9 Å². The Balaban J connectivity index is 1.71. The smallest absolute Gasteiger partial charge is 0.270 e. The highest BCUT2D eigenvalue weighted by atomic mass is 32.2. The van der Waals surface area contributed by atoms with E-state index >= 15 is 0 Å². The van der Waals surface area contributed by atoms with Gasteiger partial charge in [0.15, 0.2) is 0 Å². The van der Waals surface area contributed by atoms with Crippen molar-refractivity contribution in [1.82, 2.24) is 4.72 Å². The van der Waals surface area contributed by atoms with Gasteiger partial charge in [0.2, 0.25) is 10.0 Å². The summed E-state index contributed by atoms with van der Waals surface area (Å²) in [4.78, 5) is 9.97. The molecule has 0 aromatic heterocycles.